The second-order valence-corrected chi connectivity index (χ2v) is 22.4. The zero-order chi connectivity index (χ0) is 59.3. The monoisotopic (exact) mass is 1170 g/mol. The van der Waals surface area contributed by atoms with E-state index in [1.807, 2.05) is 23.2 Å². The molecule has 1 N–H and O–H groups in total. The van der Waals surface area contributed by atoms with Crippen LogP contribution >= 0.6 is 11.8 Å². The molecule has 2 aliphatic carbocycles. The first kappa shape index (κ1) is 64.0. The van der Waals surface area contributed by atoms with E-state index in [0.29, 0.717) is 113 Å². The Morgan fingerprint density at radius 3 is 1.43 bits per heavy atom. The van der Waals surface area contributed by atoms with Crippen LogP contribution in [0.2, 0.25) is 0 Å². The molecule has 4 aromatic carbocycles. The summed E-state index contributed by atoms with van der Waals surface area (Å²) in [6, 6.07) is 26.9. The van der Waals surface area contributed by atoms with Crippen molar-refractivity contribution >= 4 is 59.5 Å². The van der Waals surface area contributed by atoms with Gasteiger partial charge in [-0.15, -0.1) is 0 Å². The zero-order valence-electron chi connectivity index (χ0n) is 48.4. The number of hydrogen-bond acceptors (Lipinski definition) is 18. The van der Waals surface area contributed by atoms with Crippen molar-refractivity contribution in [1.82, 2.24) is 5.01 Å². The normalized spacial score (nSPS) is 18.0. The number of nitrogens with one attached hydrogen (secondary N) is 1. The van der Waals surface area contributed by atoms with Crippen molar-refractivity contribution in [1.29, 1.82) is 0 Å². The molecular weight excluding hydrogens is 1090 g/mol. The summed E-state index contributed by atoms with van der Waals surface area (Å²) in [5, 5.41) is 10.6. The highest BCUT2D eigenvalue weighted by atomic mass is 32.2. The van der Waals surface area contributed by atoms with E-state index in [9.17, 15) is 28.8 Å². The third kappa shape index (κ3) is 21.2. The zero-order valence-corrected chi connectivity index (χ0v) is 49.2. The van der Waals surface area contributed by atoms with Crippen molar-refractivity contribution in [2.24, 2.45) is 28.8 Å². The van der Waals surface area contributed by atoms with E-state index in [4.69, 9.17) is 43.0 Å². The summed E-state index contributed by atoms with van der Waals surface area (Å²) in [6.45, 7) is 11.4. The van der Waals surface area contributed by atoms with Gasteiger partial charge < -0.3 is 43.2 Å². The minimum absolute atomic E-state index is 0.182. The average Bonchev–Trinajstić information content (AvgIpc) is 4.13. The van der Waals surface area contributed by atoms with E-state index >= 15 is 0 Å². The van der Waals surface area contributed by atoms with Gasteiger partial charge in [0.25, 0.3) is 0 Å². The number of rotatable bonds is 34. The van der Waals surface area contributed by atoms with Crippen LogP contribution in [0.15, 0.2) is 126 Å². The van der Waals surface area contributed by atoms with Gasteiger partial charge in [-0.25, -0.2) is 9.59 Å². The molecule has 7 rings (SSSR count). The minimum atomic E-state index is -0.454. The SMILES string of the molecule is C=CC(=O)OCCCCCCOc1ccc(OC(=O)C2CCC(C(=O)Oc3ccc(OC(=O)C4CCC(C(=O)Oc5ccc(OCCCCCCOC(=O)C=C)cc5)CC4)c(/C=N/N(CCCCCC)C4Nc5ccccc5S4)c3)CC2)cc1. The fourth-order valence-electron chi connectivity index (χ4n) is 10.0. The number of hydrogen-bond donors (Lipinski definition) is 1. The standard InChI is InChI=1S/C66H81N3O14S/c1-4-7-8-15-40-69(66-68-57-20-13-14-21-59(57)84-66)67-46-51-45-56(82-64(74)49-24-22-47(23-25-49)62(72)80-54-34-30-52(31-35-54)76-41-16-9-11-18-43-78-60(70)5-2)38-39-58(51)83-65(75)50-28-26-48(27-29-50)63(73)81-55-36-32-53(33-37-55)77-42-17-10-12-19-44-79-61(71)6-3/h5-6,13-14,20-21,30-39,45-50,66,68H,2-4,7-12,15-19,22-29,40-44H2,1H3/b67-46+. The molecule has 1 atom stereocenters. The highest BCUT2D eigenvalue weighted by Gasteiger charge is 2.35. The smallest absolute Gasteiger partial charge is 0.330 e. The van der Waals surface area contributed by atoms with Gasteiger partial charge in [0.2, 0.25) is 0 Å². The molecule has 0 bridgehead atoms. The summed E-state index contributed by atoms with van der Waals surface area (Å²) in [4.78, 5) is 77.8. The molecule has 1 unspecified atom stereocenters. The number of anilines is 1. The van der Waals surface area contributed by atoms with E-state index < -0.39 is 35.7 Å². The van der Waals surface area contributed by atoms with Gasteiger partial charge in [0.05, 0.1) is 62.0 Å². The molecule has 450 valence electrons. The van der Waals surface area contributed by atoms with Crippen molar-refractivity contribution in [3.63, 3.8) is 0 Å². The van der Waals surface area contributed by atoms with Gasteiger partial charge in [-0.05, 0) is 188 Å². The molecule has 17 nitrogen and oxygen atoms in total. The maximum Gasteiger partial charge on any atom is 0.330 e. The average molecular weight is 1170 g/mol. The van der Waals surface area contributed by atoms with Crippen LogP contribution in [0, 0.1) is 23.7 Å². The summed E-state index contributed by atoms with van der Waals surface area (Å²) in [7, 11) is 0. The predicted octanol–water partition coefficient (Wildman–Crippen LogP) is 13.4. The molecule has 0 spiro atoms. The molecular formula is C66H81N3O14S. The summed E-state index contributed by atoms with van der Waals surface area (Å²) in [5.74, 6) is -1.30. The Hall–Kier alpha value is -7.60. The molecule has 2 fully saturated rings. The maximum atomic E-state index is 14.0. The van der Waals surface area contributed by atoms with Gasteiger partial charge in [-0.2, -0.15) is 5.10 Å². The lowest BCUT2D eigenvalue weighted by atomic mass is 9.82. The van der Waals surface area contributed by atoms with Crippen molar-refractivity contribution in [3.8, 4) is 34.5 Å². The molecule has 84 heavy (non-hydrogen) atoms. The van der Waals surface area contributed by atoms with Gasteiger partial charge in [0.1, 0.15) is 34.5 Å². The summed E-state index contributed by atoms with van der Waals surface area (Å²) < 4.78 is 45.4. The number of benzene rings is 4. The Bertz CT molecular complexity index is 2780. The van der Waals surface area contributed by atoms with Crippen LogP contribution in [-0.4, -0.2) is 85.5 Å². The first-order chi connectivity index (χ1) is 41.0. The number of thioether (sulfide) groups is 1. The van der Waals surface area contributed by atoms with E-state index in [1.54, 1.807) is 84.7 Å². The Kier molecular flexibility index (Phi) is 26.6. The lowest BCUT2D eigenvalue weighted by Gasteiger charge is -2.27. The maximum absolute atomic E-state index is 14.0. The number of esters is 6. The van der Waals surface area contributed by atoms with Crippen molar-refractivity contribution in [2.75, 3.05) is 38.3 Å². The first-order valence-corrected chi connectivity index (χ1v) is 30.7. The van der Waals surface area contributed by atoms with Crippen molar-refractivity contribution in [2.45, 2.75) is 146 Å². The number of hydrazone groups is 1. The molecule has 0 aromatic heterocycles. The van der Waals surface area contributed by atoms with Crippen LogP contribution in [0.4, 0.5) is 5.69 Å². The number of fused-ring (bicyclic) bond motifs is 1. The molecule has 0 radical (unpaired) electrons. The summed E-state index contributed by atoms with van der Waals surface area (Å²) >= 11 is 1.68. The third-order valence-corrected chi connectivity index (χ3v) is 16.2. The Labute approximate surface area is 498 Å². The van der Waals surface area contributed by atoms with E-state index in [2.05, 4.69) is 31.5 Å². The quantitative estimate of drug-likeness (QED) is 0.0115. The lowest BCUT2D eigenvalue weighted by Crippen LogP contribution is -2.33. The molecule has 1 aliphatic heterocycles. The van der Waals surface area contributed by atoms with Gasteiger partial charge >= 0.3 is 35.8 Å². The molecule has 3 aliphatic rings. The topological polar surface area (TPSA) is 204 Å². The summed E-state index contributed by atoms with van der Waals surface area (Å²) in [6.07, 6.45) is 18.7. The van der Waals surface area contributed by atoms with Crippen molar-refractivity contribution < 1.29 is 66.7 Å². The summed E-state index contributed by atoms with van der Waals surface area (Å²) in [5.41, 5.74) is 1.30. The lowest BCUT2D eigenvalue weighted by molar-refractivity contribution is -0.145. The van der Waals surface area contributed by atoms with E-state index in [-0.39, 0.29) is 40.8 Å². The van der Waals surface area contributed by atoms with Crippen LogP contribution in [0.25, 0.3) is 0 Å². The highest BCUT2D eigenvalue weighted by molar-refractivity contribution is 8.00. The van der Waals surface area contributed by atoms with Crippen LogP contribution in [0.3, 0.4) is 0 Å². The van der Waals surface area contributed by atoms with Gasteiger partial charge in [0.15, 0.2) is 5.50 Å². The van der Waals surface area contributed by atoms with Gasteiger partial charge in [-0.3, -0.25) is 24.2 Å². The molecule has 4 aromatic rings. The van der Waals surface area contributed by atoms with Gasteiger partial charge in [0, 0.05) is 29.2 Å². The first-order valence-electron chi connectivity index (χ1n) is 29.9. The van der Waals surface area contributed by atoms with Crippen LogP contribution in [0.5, 0.6) is 34.5 Å². The number of carbonyl (C=O) groups excluding carboxylic acids is 6. The second-order valence-electron chi connectivity index (χ2n) is 21.3. The van der Waals surface area contributed by atoms with E-state index in [0.717, 1.165) is 99.8 Å². The highest BCUT2D eigenvalue weighted by Crippen LogP contribution is 2.40. The minimum Gasteiger partial charge on any atom is -0.494 e. The number of nitrogens with zero attached hydrogens (tertiary/aromatic N) is 2. The number of carbonyl (C=O) groups is 6. The Morgan fingerprint density at radius 1 is 0.524 bits per heavy atom. The fourth-order valence-corrected chi connectivity index (χ4v) is 11.2. The van der Waals surface area contributed by atoms with Crippen LogP contribution in [-0.2, 0) is 38.2 Å². The largest absolute Gasteiger partial charge is 0.494 e. The Morgan fingerprint density at radius 2 is 0.952 bits per heavy atom. The molecule has 0 amide bonds. The number of ether oxygens (including phenoxy) is 8. The molecule has 0 saturated heterocycles. The second kappa shape index (κ2) is 34.9. The molecule has 2 saturated carbocycles. The van der Waals surface area contributed by atoms with E-state index in [1.165, 1.54) is 0 Å². The fraction of sp³-hybridized carbons (Fsp3) is 0.470. The third-order valence-electron chi connectivity index (χ3n) is 15.0. The molecule has 18 heteroatoms. The van der Waals surface area contributed by atoms with Crippen LogP contribution < -0.4 is 33.7 Å². The van der Waals surface area contributed by atoms with Gasteiger partial charge in [-0.1, -0.05) is 63.2 Å². The molecule has 1 heterocycles. The predicted molar refractivity (Wildman–Crippen MR) is 321 cm³/mol. The number of para-hydroxylation sites is 1. The van der Waals surface area contributed by atoms with Crippen molar-refractivity contribution in [3.05, 3.63) is 122 Å². The number of unbranched alkanes of at least 4 members (excludes halogenated alkanes) is 9. The Balaban J connectivity index is 0.904. The van der Waals surface area contributed by atoms with Crippen LogP contribution in [0.1, 0.15) is 141 Å².